The minimum absolute atomic E-state index is 0.0593. The van der Waals surface area contributed by atoms with Gasteiger partial charge in [-0.15, -0.1) is 0 Å². The second-order valence-electron chi connectivity index (χ2n) is 8.70. The van der Waals surface area contributed by atoms with E-state index in [9.17, 15) is 9.59 Å². The van der Waals surface area contributed by atoms with E-state index < -0.39 is 5.60 Å². The molecule has 2 aromatic rings. The highest BCUT2D eigenvalue weighted by Gasteiger charge is 2.46. The third-order valence-electron chi connectivity index (χ3n) is 5.58. The molecule has 0 radical (unpaired) electrons. The molecular weight excluding hydrogens is 376 g/mol. The molecule has 160 valence electrons. The van der Waals surface area contributed by atoms with Crippen molar-refractivity contribution in [2.75, 3.05) is 33.8 Å². The molecule has 1 atom stereocenters. The lowest BCUT2D eigenvalue weighted by atomic mass is 9.89. The van der Waals surface area contributed by atoms with E-state index in [0.717, 1.165) is 11.1 Å². The van der Waals surface area contributed by atoms with Crippen molar-refractivity contribution in [1.82, 2.24) is 9.80 Å². The van der Waals surface area contributed by atoms with Crippen molar-refractivity contribution in [3.05, 3.63) is 59.7 Å². The van der Waals surface area contributed by atoms with Crippen molar-refractivity contribution in [2.24, 2.45) is 5.92 Å². The topological polar surface area (TPSA) is 49.9 Å². The van der Waals surface area contributed by atoms with Crippen LogP contribution >= 0.6 is 0 Å². The number of aryl methyl sites for hydroxylation is 1. The average Bonchev–Trinajstić information content (AvgIpc) is 2.73. The number of carbonyl (C=O) groups is 2. The lowest BCUT2D eigenvalue weighted by Gasteiger charge is -2.43. The predicted octanol–water partition coefficient (Wildman–Crippen LogP) is 3.55. The van der Waals surface area contributed by atoms with Gasteiger partial charge in [-0.1, -0.05) is 67.9 Å². The largest absolute Gasteiger partial charge is 0.361 e. The molecular formula is C25H32N2O3. The first-order valence-corrected chi connectivity index (χ1v) is 10.5. The van der Waals surface area contributed by atoms with Gasteiger partial charge in [0.05, 0.1) is 13.2 Å². The van der Waals surface area contributed by atoms with E-state index in [4.69, 9.17) is 4.74 Å². The zero-order chi connectivity index (χ0) is 21.9. The monoisotopic (exact) mass is 408 g/mol. The number of hydrogen-bond acceptors (Lipinski definition) is 3. The minimum atomic E-state index is -1.06. The maximum Gasteiger partial charge on any atom is 0.256 e. The van der Waals surface area contributed by atoms with Crippen LogP contribution in [0.15, 0.2) is 48.5 Å². The van der Waals surface area contributed by atoms with Crippen LogP contribution in [0.5, 0.6) is 0 Å². The number of carbonyl (C=O) groups excluding carboxylic acids is 2. The average molecular weight is 409 g/mol. The van der Waals surface area contributed by atoms with Crippen molar-refractivity contribution in [3.63, 3.8) is 0 Å². The molecule has 5 heteroatoms. The van der Waals surface area contributed by atoms with Crippen molar-refractivity contribution < 1.29 is 14.3 Å². The molecule has 0 spiro atoms. The molecule has 0 saturated carbocycles. The number of amides is 2. The van der Waals surface area contributed by atoms with Crippen LogP contribution in [0, 0.1) is 12.8 Å². The number of likely N-dealkylation sites (N-methyl/N-ethyl adjacent to an activating group) is 1. The van der Waals surface area contributed by atoms with Gasteiger partial charge in [0.25, 0.3) is 5.91 Å². The van der Waals surface area contributed by atoms with Crippen LogP contribution in [0.4, 0.5) is 0 Å². The molecule has 0 N–H and O–H groups in total. The fourth-order valence-corrected chi connectivity index (χ4v) is 4.03. The summed E-state index contributed by atoms with van der Waals surface area (Å²) in [5.41, 5.74) is 3.48. The fourth-order valence-electron chi connectivity index (χ4n) is 4.03. The van der Waals surface area contributed by atoms with Gasteiger partial charge in [-0.05, 0) is 23.6 Å². The molecule has 0 aromatic heterocycles. The summed E-state index contributed by atoms with van der Waals surface area (Å²) in [7, 11) is 3.47. The Bertz CT molecular complexity index is 905. The van der Waals surface area contributed by atoms with Gasteiger partial charge in [-0.3, -0.25) is 9.59 Å². The molecule has 3 rings (SSSR count). The van der Waals surface area contributed by atoms with Gasteiger partial charge in [0, 0.05) is 33.0 Å². The molecule has 2 aromatic carbocycles. The quantitative estimate of drug-likeness (QED) is 0.760. The number of ether oxygens (including phenoxy) is 1. The number of nitrogens with zero attached hydrogens (tertiary/aromatic N) is 2. The van der Waals surface area contributed by atoms with Crippen molar-refractivity contribution in [3.8, 4) is 11.1 Å². The van der Waals surface area contributed by atoms with Crippen LogP contribution in [0.3, 0.4) is 0 Å². The lowest BCUT2D eigenvalue weighted by molar-refractivity contribution is -0.173. The third kappa shape index (κ3) is 4.73. The summed E-state index contributed by atoms with van der Waals surface area (Å²) in [5.74, 6) is -0.153. The number of benzene rings is 2. The van der Waals surface area contributed by atoms with Crippen LogP contribution in [-0.4, -0.2) is 61.0 Å². The van der Waals surface area contributed by atoms with E-state index >= 15 is 0 Å². The summed E-state index contributed by atoms with van der Waals surface area (Å²) in [6, 6.07) is 16.7. The molecule has 1 saturated heterocycles. The standard InChI is InChI=1S/C25H32N2O3/c1-18(2)23(28)27-13-14-30-25(17-27,24(29)26(4)5)16-20-9-11-21(12-10-20)22-8-6-7-19(3)15-22/h6-12,15,18H,13-14,16-17H2,1-5H3/t25-/m1/s1. The summed E-state index contributed by atoms with van der Waals surface area (Å²) in [6.45, 7) is 7.01. The SMILES string of the molecule is Cc1cccc(-c2ccc(C[C@]3(C(=O)N(C)C)CN(C(=O)C(C)C)CCO3)cc2)c1. The predicted molar refractivity (Wildman–Crippen MR) is 119 cm³/mol. The first-order valence-electron chi connectivity index (χ1n) is 10.5. The Hall–Kier alpha value is -2.66. The highest BCUT2D eigenvalue weighted by atomic mass is 16.5. The van der Waals surface area contributed by atoms with Gasteiger partial charge in [0.2, 0.25) is 5.91 Å². The van der Waals surface area contributed by atoms with Crippen molar-refractivity contribution in [2.45, 2.75) is 32.8 Å². The first kappa shape index (κ1) is 22.0. The van der Waals surface area contributed by atoms with Gasteiger partial charge in [-0.25, -0.2) is 0 Å². The van der Waals surface area contributed by atoms with E-state index in [1.54, 1.807) is 23.9 Å². The van der Waals surface area contributed by atoms with Crippen molar-refractivity contribution in [1.29, 1.82) is 0 Å². The Balaban J connectivity index is 1.87. The Labute approximate surface area is 179 Å². The smallest absolute Gasteiger partial charge is 0.256 e. The highest BCUT2D eigenvalue weighted by molar-refractivity contribution is 5.87. The van der Waals surface area contributed by atoms with Gasteiger partial charge in [0.15, 0.2) is 5.60 Å². The molecule has 0 aliphatic carbocycles. The van der Waals surface area contributed by atoms with E-state index in [2.05, 4.69) is 55.5 Å². The Morgan fingerprint density at radius 3 is 2.40 bits per heavy atom. The number of rotatable bonds is 5. The Morgan fingerprint density at radius 2 is 1.80 bits per heavy atom. The molecule has 30 heavy (non-hydrogen) atoms. The van der Waals surface area contributed by atoms with Crippen LogP contribution in [-0.2, 0) is 20.7 Å². The number of morpholine rings is 1. The molecule has 0 bridgehead atoms. The molecule has 1 aliphatic heterocycles. The van der Waals surface area contributed by atoms with Gasteiger partial charge >= 0.3 is 0 Å². The van der Waals surface area contributed by atoms with Gasteiger partial charge in [0.1, 0.15) is 0 Å². The molecule has 5 nitrogen and oxygen atoms in total. The summed E-state index contributed by atoms with van der Waals surface area (Å²) < 4.78 is 6.10. The second kappa shape index (κ2) is 9.00. The van der Waals surface area contributed by atoms with Crippen LogP contribution < -0.4 is 0 Å². The van der Waals surface area contributed by atoms with E-state index in [0.29, 0.717) is 19.6 Å². The molecule has 1 fully saturated rings. The number of hydrogen-bond donors (Lipinski definition) is 0. The maximum absolute atomic E-state index is 13.2. The van der Waals surface area contributed by atoms with E-state index in [1.807, 2.05) is 13.8 Å². The highest BCUT2D eigenvalue weighted by Crippen LogP contribution is 2.28. The summed E-state index contributed by atoms with van der Waals surface area (Å²) in [5, 5.41) is 0. The van der Waals surface area contributed by atoms with E-state index in [-0.39, 0.29) is 24.3 Å². The van der Waals surface area contributed by atoms with Crippen molar-refractivity contribution >= 4 is 11.8 Å². The Morgan fingerprint density at radius 1 is 1.10 bits per heavy atom. The normalized spacial score (nSPS) is 19.1. The van der Waals surface area contributed by atoms with Crippen LogP contribution in [0.2, 0.25) is 0 Å². The molecule has 2 amide bonds. The second-order valence-corrected chi connectivity index (χ2v) is 8.70. The first-order chi connectivity index (χ1) is 14.2. The fraction of sp³-hybridized carbons (Fsp3) is 0.440. The van der Waals surface area contributed by atoms with Gasteiger partial charge < -0.3 is 14.5 Å². The summed E-state index contributed by atoms with van der Waals surface area (Å²) in [4.78, 5) is 29.1. The summed E-state index contributed by atoms with van der Waals surface area (Å²) in [6.07, 6.45) is 0.431. The maximum atomic E-state index is 13.2. The zero-order valence-corrected chi connectivity index (χ0v) is 18.6. The lowest BCUT2D eigenvalue weighted by Crippen LogP contribution is -2.62. The third-order valence-corrected chi connectivity index (χ3v) is 5.58. The molecule has 0 unspecified atom stereocenters. The minimum Gasteiger partial charge on any atom is -0.361 e. The molecule has 1 aliphatic rings. The van der Waals surface area contributed by atoms with Crippen LogP contribution in [0.1, 0.15) is 25.0 Å². The zero-order valence-electron chi connectivity index (χ0n) is 18.6. The van der Waals surface area contributed by atoms with Gasteiger partial charge in [-0.2, -0.15) is 0 Å². The van der Waals surface area contributed by atoms with E-state index in [1.165, 1.54) is 11.1 Å². The molecule has 1 heterocycles. The summed E-state index contributed by atoms with van der Waals surface area (Å²) >= 11 is 0. The van der Waals surface area contributed by atoms with Crippen LogP contribution in [0.25, 0.3) is 11.1 Å². The Kier molecular flexibility index (Phi) is 6.61.